The Bertz CT molecular complexity index is 1740. The van der Waals surface area contributed by atoms with Crippen LogP contribution in [0.15, 0.2) is 91.6 Å². The topological polar surface area (TPSA) is 65.7 Å². The lowest BCUT2D eigenvalue weighted by atomic mass is 10.1. The number of fused-ring (bicyclic) bond motifs is 3. The first-order chi connectivity index (χ1) is 18.1. The fraction of sp³-hybridized carbons (Fsp3) is 0.161. The summed E-state index contributed by atoms with van der Waals surface area (Å²) < 4.78 is 8.27. The maximum Gasteiger partial charge on any atom is 0.219 e. The second kappa shape index (κ2) is 9.47. The minimum Gasteiger partial charge on any atom is -0.437 e. The van der Waals surface area contributed by atoms with Crippen LogP contribution in [-0.2, 0) is 6.42 Å². The van der Waals surface area contributed by atoms with Gasteiger partial charge in [0.15, 0.2) is 0 Å². The Kier molecular flexibility index (Phi) is 5.85. The molecule has 0 radical (unpaired) electrons. The highest BCUT2D eigenvalue weighted by Crippen LogP contribution is 2.34. The van der Waals surface area contributed by atoms with E-state index < -0.39 is 0 Å². The van der Waals surface area contributed by atoms with Crippen LogP contribution >= 0.6 is 0 Å². The smallest absolute Gasteiger partial charge is 0.219 e. The van der Waals surface area contributed by atoms with Crippen LogP contribution < -0.4 is 4.74 Å². The SMILES string of the molecule is CCc1ccnc(-n2c3ccccc3c3ncc(-c4cncc(Oc5cc(C(C)C)ccn5)c4)cc32)c1. The number of nitrogens with zero attached hydrogens (tertiary/aromatic N) is 5. The molecule has 5 aromatic heterocycles. The highest BCUT2D eigenvalue weighted by atomic mass is 16.5. The molecule has 0 saturated carbocycles. The van der Waals surface area contributed by atoms with E-state index in [4.69, 9.17) is 14.7 Å². The molecule has 0 spiro atoms. The number of para-hydroxylation sites is 1. The Morgan fingerprint density at radius 3 is 2.51 bits per heavy atom. The number of ether oxygens (including phenoxy) is 1. The lowest BCUT2D eigenvalue weighted by Crippen LogP contribution is -1.98. The number of benzene rings is 1. The van der Waals surface area contributed by atoms with Gasteiger partial charge in [-0.1, -0.05) is 39.0 Å². The first-order valence-corrected chi connectivity index (χ1v) is 12.5. The predicted octanol–water partition coefficient (Wildman–Crippen LogP) is 7.51. The molecule has 0 fully saturated rings. The van der Waals surface area contributed by atoms with Gasteiger partial charge >= 0.3 is 0 Å². The molecule has 0 aliphatic carbocycles. The number of hydrogen-bond donors (Lipinski definition) is 0. The van der Waals surface area contributed by atoms with E-state index in [0.29, 0.717) is 17.5 Å². The van der Waals surface area contributed by atoms with Crippen molar-refractivity contribution in [2.24, 2.45) is 0 Å². The highest BCUT2D eigenvalue weighted by molar-refractivity contribution is 6.07. The standard InChI is InChI=1S/C31H27N5O/c1-4-21-9-11-33-29(13-21)36-27-8-6-5-7-26(27)31-28(36)15-24(18-35-31)23-14-25(19-32-17-23)37-30-16-22(20(2)3)10-12-34-30/h5-20H,4H2,1-3H3. The van der Waals surface area contributed by atoms with Gasteiger partial charge in [-0.15, -0.1) is 0 Å². The van der Waals surface area contributed by atoms with E-state index in [1.807, 2.05) is 42.9 Å². The minimum absolute atomic E-state index is 0.395. The number of pyridine rings is 4. The molecule has 6 nitrogen and oxygen atoms in total. The fourth-order valence-electron chi connectivity index (χ4n) is 4.63. The summed E-state index contributed by atoms with van der Waals surface area (Å²) in [7, 11) is 0. The Balaban J connectivity index is 1.45. The van der Waals surface area contributed by atoms with Gasteiger partial charge in [-0.3, -0.25) is 14.5 Å². The molecule has 0 atom stereocenters. The van der Waals surface area contributed by atoms with Crippen molar-refractivity contribution in [2.45, 2.75) is 33.1 Å². The largest absolute Gasteiger partial charge is 0.437 e. The second-order valence-corrected chi connectivity index (χ2v) is 9.41. The average Bonchev–Trinajstić information content (AvgIpc) is 3.27. The molecule has 182 valence electrons. The van der Waals surface area contributed by atoms with Gasteiger partial charge in [0.1, 0.15) is 11.6 Å². The first kappa shape index (κ1) is 22.9. The van der Waals surface area contributed by atoms with Crippen molar-refractivity contribution in [1.82, 2.24) is 24.5 Å². The lowest BCUT2D eigenvalue weighted by molar-refractivity contribution is 0.460. The van der Waals surface area contributed by atoms with E-state index in [9.17, 15) is 0 Å². The summed E-state index contributed by atoms with van der Waals surface area (Å²) in [6, 6.07) is 20.6. The third-order valence-electron chi connectivity index (χ3n) is 6.65. The number of aromatic nitrogens is 5. The predicted molar refractivity (Wildman–Crippen MR) is 147 cm³/mol. The third kappa shape index (κ3) is 4.31. The van der Waals surface area contributed by atoms with Gasteiger partial charge in [-0.2, -0.15) is 0 Å². The summed E-state index contributed by atoms with van der Waals surface area (Å²) in [6.07, 6.45) is 10.0. The van der Waals surface area contributed by atoms with Crippen LogP contribution in [0.2, 0.25) is 0 Å². The zero-order valence-electron chi connectivity index (χ0n) is 21.1. The number of hydrogen-bond acceptors (Lipinski definition) is 5. The molecule has 0 amide bonds. The Morgan fingerprint density at radius 2 is 1.65 bits per heavy atom. The molecule has 6 aromatic rings. The molecule has 37 heavy (non-hydrogen) atoms. The zero-order valence-corrected chi connectivity index (χ0v) is 21.1. The summed E-state index contributed by atoms with van der Waals surface area (Å²) in [5.74, 6) is 2.47. The zero-order chi connectivity index (χ0) is 25.4. The third-order valence-corrected chi connectivity index (χ3v) is 6.65. The maximum atomic E-state index is 6.08. The van der Waals surface area contributed by atoms with Crippen molar-refractivity contribution in [3.63, 3.8) is 0 Å². The summed E-state index contributed by atoms with van der Waals surface area (Å²) in [4.78, 5) is 18.4. The van der Waals surface area contributed by atoms with Gasteiger partial charge < -0.3 is 4.74 Å². The van der Waals surface area contributed by atoms with Crippen LogP contribution in [0.5, 0.6) is 11.6 Å². The van der Waals surface area contributed by atoms with E-state index in [0.717, 1.165) is 45.3 Å². The van der Waals surface area contributed by atoms with Crippen molar-refractivity contribution >= 4 is 21.9 Å². The second-order valence-electron chi connectivity index (χ2n) is 9.41. The average molecular weight is 486 g/mol. The van der Waals surface area contributed by atoms with Gasteiger partial charge in [-0.05, 0) is 59.9 Å². The van der Waals surface area contributed by atoms with Gasteiger partial charge in [0.2, 0.25) is 5.88 Å². The minimum atomic E-state index is 0.395. The number of aryl methyl sites for hydroxylation is 1. The quantitative estimate of drug-likeness (QED) is 0.244. The summed E-state index contributed by atoms with van der Waals surface area (Å²) in [6.45, 7) is 6.46. The Hall–Kier alpha value is -4.58. The fourth-order valence-corrected chi connectivity index (χ4v) is 4.63. The van der Waals surface area contributed by atoms with Crippen molar-refractivity contribution in [3.05, 3.63) is 103 Å². The van der Waals surface area contributed by atoms with Crippen LogP contribution in [0.4, 0.5) is 0 Å². The summed E-state index contributed by atoms with van der Waals surface area (Å²) in [5.41, 5.74) is 7.30. The van der Waals surface area contributed by atoms with Crippen LogP contribution in [0.3, 0.4) is 0 Å². The van der Waals surface area contributed by atoms with Gasteiger partial charge in [0, 0.05) is 47.4 Å². The molecule has 0 aliphatic heterocycles. The molecule has 0 unspecified atom stereocenters. The maximum absolute atomic E-state index is 6.08. The molecule has 6 heteroatoms. The molecular formula is C31H27N5O. The Labute approximate surface area is 215 Å². The van der Waals surface area contributed by atoms with Crippen LogP contribution in [-0.4, -0.2) is 24.5 Å². The van der Waals surface area contributed by atoms with E-state index in [1.165, 1.54) is 11.1 Å². The van der Waals surface area contributed by atoms with Crippen LogP contribution in [0.1, 0.15) is 37.8 Å². The van der Waals surface area contributed by atoms with E-state index in [-0.39, 0.29) is 0 Å². The first-order valence-electron chi connectivity index (χ1n) is 12.5. The Morgan fingerprint density at radius 1 is 0.811 bits per heavy atom. The van der Waals surface area contributed by atoms with Crippen molar-refractivity contribution in [1.29, 1.82) is 0 Å². The van der Waals surface area contributed by atoms with Gasteiger partial charge in [-0.25, -0.2) is 9.97 Å². The van der Waals surface area contributed by atoms with E-state index >= 15 is 0 Å². The van der Waals surface area contributed by atoms with Crippen LogP contribution in [0.25, 0.3) is 38.9 Å². The number of rotatable bonds is 6. The van der Waals surface area contributed by atoms with Gasteiger partial charge in [0.25, 0.3) is 0 Å². The molecule has 0 saturated heterocycles. The molecule has 0 N–H and O–H groups in total. The summed E-state index contributed by atoms with van der Waals surface area (Å²) in [5, 5.41) is 1.10. The van der Waals surface area contributed by atoms with E-state index in [2.05, 4.69) is 71.7 Å². The normalized spacial score (nSPS) is 11.5. The monoisotopic (exact) mass is 485 g/mol. The molecular weight excluding hydrogens is 458 g/mol. The van der Waals surface area contributed by atoms with Crippen molar-refractivity contribution in [2.75, 3.05) is 0 Å². The lowest BCUT2D eigenvalue weighted by Gasteiger charge is -2.10. The molecule has 0 bridgehead atoms. The van der Waals surface area contributed by atoms with Crippen molar-refractivity contribution in [3.8, 4) is 28.6 Å². The van der Waals surface area contributed by atoms with Crippen molar-refractivity contribution < 1.29 is 4.74 Å². The van der Waals surface area contributed by atoms with Crippen LogP contribution in [0, 0.1) is 0 Å². The summed E-state index contributed by atoms with van der Waals surface area (Å²) >= 11 is 0. The molecule has 0 aliphatic rings. The molecule has 5 heterocycles. The van der Waals surface area contributed by atoms with E-state index in [1.54, 1.807) is 12.4 Å². The van der Waals surface area contributed by atoms with Gasteiger partial charge in [0.05, 0.1) is 22.7 Å². The molecule has 6 rings (SSSR count). The molecule has 1 aromatic carbocycles. The highest BCUT2D eigenvalue weighted by Gasteiger charge is 2.16.